The molecule has 12 heavy (non-hydrogen) atoms. The van der Waals surface area contributed by atoms with Crippen LogP contribution in [0.25, 0.3) is 0 Å². The maximum Gasteiger partial charge on any atom is 0.0945 e. The van der Waals surface area contributed by atoms with Gasteiger partial charge in [-0.05, 0) is 0 Å². The molecule has 1 fully saturated rings. The summed E-state index contributed by atoms with van der Waals surface area (Å²) < 4.78 is 7.07. The zero-order valence-electron chi connectivity index (χ0n) is 7.16. The first-order chi connectivity index (χ1) is 5.86. The molecule has 0 amide bonds. The molecule has 0 unspecified atom stereocenters. The van der Waals surface area contributed by atoms with Crippen molar-refractivity contribution >= 4 is 0 Å². The summed E-state index contributed by atoms with van der Waals surface area (Å²) in [7, 11) is 2.00. The van der Waals surface area contributed by atoms with Crippen molar-refractivity contribution in [3.63, 3.8) is 0 Å². The zero-order chi connectivity index (χ0) is 8.39. The van der Waals surface area contributed by atoms with Gasteiger partial charge in [-0.3, -0.25) is 0 Å². The zero-order valence-corrected chi connectivity index (χ0v) is 7.16. The Bertz CT molecular complexity index is 255. The highest BCUT2D eigenvalue weighted by molar-refractivity contribution is 4.97. The van der Waals surface area contributed by atoms with Crippen LogP contribution >= 0.6 is 0 Å². The summed E-state index contributed by atoms with van der Waals surface area (Å²) in [4.78, 5) is 4.04. The lowest BCUT2D eigenvalue weighted by Gasteiger charge is -2.26. The van der Waals surface area contributed by atoms with Crippen LogP contribution in [0.5, 0.6) is 0 Å². The molecule has 0 bridgehead atoms. The molecule has 4 heteroatoms. The van der Waals surface area contributed by atoms with Gasteiger partial charge in [-0.25, -0.2) is 4.98 Å². The van der Waals surface area contributed by atoms with Crippen molar-refractivity contribution < 1.29 is 4.74 Å². The second-order valence-electron chi connectivity index (χ2n) is 3.11. The Morgan fingerprint density at radius 2 is 2.58 bits per heavy atom. The van der Waals surface area contributed by atoms with Crippen LogP contribution in [-0.4, -0.2) is 28.8 Å². The SMILES string of the molecule is Cn1cncc1CNC1COC1. The molecule has 66 valence electrons. The van der Waals surface area contributed by atoms with E-state index in [1.165, 1.54) is 5.69 Å². The second-order valence-corrected chi connectivity index (χ2v) is 3.11. The van der Waals surface area contributed by atoms with E-state index in [2.05, 4.69) is 10.3 Å². The third-order valence-corrected chi connectivity index (χ3v) is 2.13. The Kier molecular flexibility index (Phi) is 2.10. The molecule has 1 aliphatic rings. The largest absolute Gasteiger partial charge is 0.378 e. The van der Waals surface area contributed by atoms with Crippen molar-refractivity contribution in [2.24, 2.45) is 7.05 Å². The van der Waals surface area contributed by atoms with Gasteiger partial charge in [0, 0.05) is 19.8 Å². The van der Waals surface area contributed by atoms with Crippen LogP contribution < -0.4 is 5.32 Å². The normalized spacial score (nSPS) is 17.8. The molecule has 0 spiro atoms. The number of ether oxygens (including phenoxy) is 1. The summed E-state index contributed by atoms with van der Waals surface area (Å²) >= 11 is 0. The molecule has 0 radical (unpaired) electrons. The monoisotopic (exact) mass is 167 g/mol. The Labute approximate surface area is 71.6 Å². The van der Waals surface area contributed by atoms with E-state index in [4.69, 9.17) is 4.74 Å². The molecule has 0 atom stereocenters. The molecule has 0 saturated carbocycles. The molecule has 0 aromatic carbocycles. The van der Waals surface area contributed by atoms with E-state index in [0.717, 1.165) is 19.8 Å². The predicted molar refractivity (Wildman–Crippen MR) is 44.7 cm³/mol. The molecular formula is C8H13N3O. The van der Waals surface area contributed by atoms with Gasteiger partial charge >= 0.3 is 0 Å². The van der Waals surface area contributed by atoms with Gasteiger partial charge in [0.05, 0.1) is 31.3 Å². The molecule has 1 aromatic heterocycles. The minimum Gasteiger partial charge on any atom is -0.378 e. The van der Waals surface area contributed by atoms with Crippen molar-refractivity contribution in [3.05, 3.63) is 18.2 Å². The number of rotatable bonds is 3. The molecule has 1 aromatic rings. The average Bonchev–Trinajstić information content (AvgIpc) is 2.33. The van der Waals surface area contributed by atoms with Crippen molar-refractivity contribution in [1.29, 1.82) is 0 Å². The van der Waals surface area contributed by atoms with E-state index >= 15 is 0 Å². The van der Waals surface area contributed by atoms with Crippen LogP contribution in [0.4, 0.5) is 0 Å². The second kappa shape index (κ2) is 3.25. The van der Waals surface area contributed by atoms with Crippen LogP contribution in [0, 0.1) is 0 Å². The minimum atomic E-state index is 0.542. The van der Waals surface area contributed by atoms with Crippen molar-refractivity contribution in [2.45, 2.75) is 12.6 Å². The smallest absolute Gasteiger partial charge is 0.0945 e. The standard InChI is InChI=1S/C8H13N3O/c1-11-6-9-2-8(11)3-10-7-4-12-5-7/h2,6-7,10H,3-5H2,1H3. The lowest BCUT2D eigenvalue weighted by atomic mass is 10.2. The number of hydrogen-bond acceptors (Lipinski definition) is 3. The highest BCUT2D eigenvalue weighted by atomic mass is 16.5. The van der Waals surface area contributed by atoms with Crippen molar-refractivity contribution in [1.82, 2.24) is 14.9 Å². The maximum atomic E-state index is 5.05. The summed E-state index contributed by atoms with van der Waals surface area (Å²) in [5.74, 6) is 0. The summed E-state index contributed by atoms with van der Waals surface area (Å²) in [6.07, 6.45) is 3.70. The Morgan fingerprint density at radius 1 is 1.75 bits per heavy atom. The van der Waals surface area contributed by atoms with E-state index in [1.807, 2.05) is 24.1 Å². The van der Waals surface area contributed by atoms with E-state index in [9.17, 15) is 0 Å². The van der Waals surface area contributed by atoms with Crippen molar-refractivity contribution in [2.75, 3.05) is 13.2 Å². The van der Waals surface area contributed by atoms with Gasteiger partial charge in [-0.15, -0.1) is 0 Å². The fourth-order valence-electron chi connectivity index (χ4n) is 1.16. The topological polar surface area (TPSA) is 39.1 Å². The Morgan fingerprint density at radius 3 is 3.08 bits per heavy atom. The van der Waals surface area contributed by atoms with Crippen LogP contribution in [-0.2, 0) is 18.3 Å². The van der Waals surface area contributed by atoms with Crippen LogP contribution in [0.1, 0.15) is 5.69 Å². The average molecular weight is 167 g/mol. The third-order valence-electron chi connectivity index (χ3n) is 2.13. The van der Waals surface area contributed by atoms with Crippen LogP contribution in [0.2, 0.25) is 0 Å². The summed E-state index contributed by atoms with van der Waals surface area (Å²) in [6, 6.07) is 0.542. The Hall–Kier alpha value is -0.870. The van der Waals surface area contributed by atoms with Crippen molar-refractivity contribution in [3.8, 4) is 0 Å². The van der Waals surface area contributed by atoms with E-state index < -0.39 is 0 Å². The number of nitrogens with zero attached hydrogens (tertiary/aromatic N) is 2. The van der Waals surface area contributed by atoms with E-state index in [0.29, 0.717) is 6.04 Å². The number of aryl methyl sites for hydroxylation is 1. The summed E-state index contributed by atoms with van der Waals surface area (Å²) in [6.45, 7) is 2.57. The third kappa shape index (κ3) is 1.49. The number of imidazole rings is 1. The summed E-state index contributed by atoms with van der Waals surface area (Å²) in [5.41, 5.74) is 1.21. The molecule has 1 N–H and O–H groups in total. The molecule has 4 nitrogen and oxygen atoms in total. The fourth-order valence-corrected chi connectivity index (χ4v) is 1.16. The molecule has 1 aliphatic heterocycles. The van der Waals surface area contributed by atoms with E-state index in [-0.39, 0.29) is 0 Å². The van der Waals surface area contributed by atoms with E-state index in [1.54, 1.807) is 0 Å². The molecular weight excluding hydrogens is 154 g/mol. The van der Waals surface area contributed by atoms with Crippen LogP contribution in [0.15, 0.2) is 12.5 Å². The number of hydrogen-bond donors (Lipinski definition) is 1. The quantitative estimate of drug-likeness (QED) is 0.683. The molecule has 2 rings (SSSR count). The highest BCUT2D eigenvalue weighted by Gasteiger charge is 2.17. The fraction of sp³-hybridized carbons (Fsp3) is 0.625. The van der Waals surface area contributed by atoms with Gasteiger partial charge in [0.1, 0.15) is 0 Å². The summed E-state index contributed by atoms with van der Waals surface area (Å²) in [5, 5.41) is 3.38. The minimum absolute atomic E-state index is 0.542. The molecule has 1 saturated heterocycles. The van der Waals surface area contributed by atoms with Gasteiger partial charge in [-0.1, -0.05) is 0 Å². The predicted octanol–water partition coefficient (Wildman–Crippen LogP) is -0.0915. The van der Waals surface area contributed by atoms with Gasteiger partial charge in [0.2, 0.25) is 0 Å². The molecule has 0 aliphatic carbocycles. The van der Waals surface area contributed by atoms with Gasteiger partial charge in [0.25, 0.3) is 0 Å². The Balaban J connectivity index is 1.82. The van der Waals surface area contributed by atoms with Gasteiger partial charge in [-0.2, -0.15) is 0 Å². The molecule has 2 heterocycles. The first-order valence-electron chi connectivity index (χ1n) is 4.12. The first kappa shape index (κ1) is 7.76. The first-order valence-corrected chi connectivity index (χ1v) is 4.12. The lowest BCUT2D eigenvalue weighted by molar-refractivity contribution is -0.00599. The van der Waals surface area contributed by atoms with Crippen LogP contribution in [0.3, 0.4) is 0 Å². The number of aromatic nitrogens is 2. The highest BCUT2D eigenvalue weighted by Crippen LogP contribution is 2.02. The van der Waals surface area contributed by atoms with Gasteiger partial charge < -0.3 is 14.6 Å². The maximum absolute atomic E-state index is 5.05. The lowest BCUT2D eigenvalue weighted by Crippen LogP contribution is -2.45. The number of nitrogens with one attached hydrogen (secondary N) is 1. The van der Waals surface area contributed by atoms with Gasteiger partial charge in [0.15, 0.2) is 0 Å².